The Bertz CT molecular complexity index is 440. The molecule has 1 amide bonds. The van der Waals surface area contributed by atoms with Crippen LogP contribution >= 0.6 is 0 Å². The maximum Gasteiger partial charge on any atom is 0.269 e. The average molecular weight is 281 g/mol. The maximum atomic E-state index is 12.3. The van der Waals surface area contributed by atoms with Crippen molar-refractivity contribution in [3.05, 3.63) is 17.5 Å². The molecule has 1 aromatic rings. The van der Waals surface area contributed by atoms with E-state index in [2.05, 4.69) is 24.3 Å². The van der Waals surface area contributed by atoms with Gasteiger partial charge in [-0.3, -0.25) is 9.48 Å². The highest BCUT2D eigenvalue weighted by atomic mass is 16.3. The van der Waals surface area contributed by atoms with Crippen LogP contribution in [0.1, 0.15) is 50.3 Å². The molecule has 5 heteroatoms. The molecule has 5 nitrogen and oxygen atoms in total. The van der Waals surface area contributed by atoms with Gasteiger partial charge >= 0.3 is 0 Å². The van der Waals surface area contributed by atoms with Crippen molar-refractivity contribution in [2.45, 2.75) is 46.6 Å². The van der Waals surface area contributed by atoms with Crippen LogP contribution in [0.4, 0.5) is 0 Å². The summed E-state index contributed by atoms with van der Waals surface area (Å²) in [7, 11) is 1.77. The summed E-state index contributed by atoms with van der Waals surface area (Å²) in [4.78, 5) is 12.3. The molecule has 1 aromatic heterocycles. The monoisotopic (exact) mass is 281 g/mol. The maximum absolute atomic E-state index is 12.3. The Balaban J connectivity index is 2.79. The predicted molar refractivity (Wildman–Crippen MR) is 79.5 cm³/mol. The number of hydrogen-bond donors (Lipinski definition) is 2. The fourth-order valence-corrected chi connectivity index (χ4v) is 2.15. The minimum absolute atomic E-state index is 0.0442. The van der Waals surface area contributed by atoms with E-state index in [1.165, 1.54) is 0 Å². The molecule has 0 bridgehead atoms. The SMILES string of the molecule is CC[C@H](C)[C@H](CO)NC(=O)c1cc(CC(C)C)nn1C. The van der Waals surface area contributed by atoms with Crippen molar-refractivity contribution in [3.8, 4) is 0 Å². The second-order valence-electron chi connectivity index (χ2n) is 5.89. The van der Waals surface area contributed by atoms with Crippen molar-refractivity contribution < 1.29 is 9.90 Å². The fourth-order valence-electron chi connectivity index (χ4n) is 2.15. The molecule has 0 aliphatic heterocycles. The van der Waals surface area contributed by atoms with Gasteiger partial charge < -0.3 is 10.4 Å². The molecule has 0 aromatic carbocycles. The van der Waals surface area contributed by atoms with Crippen LogP contribution < -0.4 is 5.32 Å². The zero-order chi connectivity index (χ0) is 15.3. The number of hydrogen-bond acceptors (Lipinski definition) is 3. The second-order valence-corrected chi connectivity index (χ2v) is 5.89. The highest BCUT2D eigenvalue weighted by Gasteiger charge is 2.20. The Hall–Kier alpha value is -1.36. The summed E-state index contributed by atoms with van der Waals surface area (Å²) in [6.07, 6.45) is 1.77. The number of amides is 1. The molecule has 0 radical (unpaired) electrons. The van der Waals surface area contributed by atoms with Gasteiger partial charge in [0.15, 0.2) is 0 Å². The zero-order valence-electron chi connectivity index (χ0n) is 13.2. The molecule has 2 atom stereocenters. The number of carbonyl (C=O) groups is 1. The number of aryl methyl sites for hydroxylation is 1. The lowest BCUT2D eigenvalue weighted by Gasteiger charge is -2.21. The van der Waals surface area contributed by atoms with E-state index in [-0.39, 0.29) is 24.5 Å². The summed E-state index contributed by atoms with van der Waals surface area (Å²) in [5, 5.41) is 16.6. The van der Waals surface area contributed by atoms with Crippen LogP contribution in [-0.4, -0.2) is 33.4 Å². The molecular formula is C15H27N3O2. The minimum atomic E-state index is -0.212. The number of nitrogens with one attached hydrogen (secondary N) is 1. The summed E-state index contributed by atoms with van der Waals surface area (Å²) in [5.74, 6) is 0.577. The van der Waals surface area contributed by atoms with Gasteiger partial charge in [0, 0.05) is 7.05 Å². The summed E-state index contributed by atoms with van der Waals surface area (Å²) in [5.41, 5.74) is 1.47. The lowest BCUT2D eigenvalue weighted by Crippen LogP contribution is -2.42. The predicted octanol–water partition coefficient (Wildman–Crippen LogP) is 1.76. The van der Waals surface area contributed by atoms with Crippen molar-refractivity contribution >= 4 is 5.91 Å². The average Bonchev–Trinajstić information content (AvgIpc) is 2.74. The van der Waals surface area contributed by atoms with Crippen LogP contribution in [0.3, 0.4) is 0 Å². The number of aliphatic hydroxyl groups excluding tert-OH is 1. The first-order chi connectivity index (χ1) is 9.38. The van der Waals surface area contributed by atoms with Gasteiger partial charge in [-0.15, -0.1) is 0 Å². The van der Waals surface area contributed by atoms with E-state index in [0.29, 0.717) is 11.6 Å². The van der Waals surface area contributed by atoms with Gasteiger partial charge in [0.2, 0.25) is 0 Å². The van der Waals surface area contributed by atoms with Crippen molar-refractivity contribution in [1.29, 1.82) is 0 Å². The largest absolute Gasteiger partial charge is 0.394 e. The topological polar surface area (TPSA) is 67.2 Å². The van der Waals surface area contributed by atoms with Crippen molar-refractivity contribution in [2.24, 2.45) is 18.9 Å². The Morgan fingerprint density at radius 1 is 1.45 bits per heavy atom. The number of aromatic nitrogens is 2. The first-order valence-electron chi connectivity index (χ1n) is 7.33. The molecule has 0 aliphatic rings. The van der Waals surface area contributed by atoms with Gasteiger partial charge in [-0.2, -0.15) is 5.10 Å². The lowest BCUT2D eigenvalue weighted by atomic mass is 10.00. The van der Waals surface area contributed by atoms with E-state index in [4.69, 9.17) is 0 Å². The van der Waals surface area contributed by atoms with Crippen molar-refractivity contribution in [3.63, 3.8) is 0 Å². The van der Waals surface area contributed by atoms with Gasteiger partial charge in [-0.25, -0.2) is 0 Å². The van der Waals surface area contributed by atoms with Gasteiger partial charge in [0.1, 0.15) is 5.69 Å². The molecule has 0 aliphatic carbocycles. The molecule has 0 saturated carbocycles. The van der Waals surface area contributed by atoms with Crippen LogP contribution in [0.2, 0.25) is 0 Å². The number of carbonyl (C=O) groups excluding carboxylic acids is 1. The highest BCUT2D eigenvalue weighted by Crippen LogP contribution is 2.11. The third-order valence-electron chi connectivity index (χ3n) is 3.62. The molecule has 0 spiro atoms. The van der Waals surface area contributed by atoms with E-state index >= 15 is 0 Å². The third-order valence-corrected chi connectivity index (χ3v) is 3.62. The summed E-state index contributed by atoms with van der Waals surface area (Å²) < 4.78 is 1.61. The lowest BCUT2D eigenvalue weighted by molar-refractivity contribution is 0.0882. The molecule has 0 saturated heterocycles. The van der Waals surface area contributed by atoms with E-state index in [0.717, 1.165) is 18.5 Å². The molecule has 20 heavy (non-hydrogen) atoms. The van der Waals surface area contributed by atoms with E-state index < -0.39 is 0 Å². The Morgan fingerprint density at radius 3 is 2.60 bits per heavy atom. The van der Waals surface area contributed by atoms with E-state index in [1.807, 2.05) is 19.9 Å². The minimum Gasteiger partial charge on any atom is -0.394 e. The number of rotatable bonds is 7. The van der Waals surface area contributed by atoms with Crippen LogP contribution in [0.25, 0.3) is 0 Å². The van der Waals surface area contributed by atoms with Crippen molar-refractivity contribution in [1.82, 2.24) is 15.1 Å². The van der Waals surface area contributed by atoms with Crippen LogP contribution in [0, 0.1) is 11.8 Å². The van der Waals surface area contributed by atoms with Crippen molar-refractivity contribution in [2.75, 3.05) is 6.61 Å². The van der Waals surface area contributed by atoms with Crippen LogP contribution in [0.5, 0.6) is 0 Å². The first kappa shape index (κ1) is 16.7. The Kier molecular flexibility index (Phi) is 6.20. The normalized spacial score (nSPS) is 14.3. The summed E-state index contributed by atoms with van der Waals surface area (Å²) >= 11 is 0. The van der Waals surface area contributed by atoms with E-state index in [1.54, 1.807) is 11.7 Å². The number of aliphatic hydroxyl groups is 1. The third kappa shape index (κ3) is 4.34. The van der Waals surface area contributed by atoms with Crippen LogP contribution in [-0.2, 0) is 13.5 Å². The first-order valence-corrected chi connectivity index (χ1v) is 7.33. The van der Waals surface area contributed by atoms with Gasteiger partial charge in [0.25, 0.3) is 5.91 Å². The zero-order valence-corrected chi connectivity index (χ0v) is 13.2. The molecule has 1 heterocycles. The Labute approximate surface area is 121 Å². The molecule has 114 valence electrons. The quantitative estimate of drug-likeness (QED) is 0.800. The summed E-state index contributed by atoms with van der Waals surface area (Å²) in [6.45, 7) is 8.27. The molecule has 1 rings (SSSR count). The Morgan fingerprint density at radius 2 is 2.10 bits per heavy atom. The molecule has 2 N–H and O–H groups in total. The molecule has 0 unspecified atom stereocenters. The van der Waals surface area contributed by atoms with E-state index in [9.17, 15) is 9.90 Å². The number of nitrogens with zero attached hydrogens (tertiary/aromatic N) is 2. The van der Waals surface area contributed by atoms with Gasteiger partial charge in [-0.05, 0) is 24.3 Å². The summed E-state index contributed by atoms with van der Waals surface area (Å²) in [6, 6.07) is 1.62. The molecule has 0 fully saturated rings. The molecular weight excluding hydrogens is 254 g/mol. The van der Waals surface area contributed by atoms with Gasteiger partial charge in [0.05, 0.1) is 18.3 Å². The second kappa shape index (κ2) is 7.43. The van der Waals surface area contributed by atoms with Crippen LogP contribution in [0.15, 0.2) is 6.07 Å². The standard InChI is InChI=1S/C15H27N3O2/c1-6-11(4)13(9-19)16-15(20)14-8-12(7-10(2)3)17-18(14)5/h8,10-11,13,19H,6-7,9H2,1-5H3,(H,16,20)/t11-,13-/m0/s1. The smallest absolute Gasteiger partial charge is 0.269 e. The van der Waals surface area contributed by atoms with Gasteiger partial charge in [-0.1, -0.05) is 34.1 Å². The highest BCUT2D eigenvalue weighted by molar-refractivity contribution is 5.92. The fraction of sp³-hybridized carbons (Fsp3) is 0.733.